The molecule has 0 bridgehead atoms. The van der Waals surface area contributed by atoms with E-state index in [9.17, 15) is 18.6 Å². The number of aliphatic hydroxyl groups is 2. The molecule has 0 saturated heterocycles. The fourth-order valence-electron chi connectivity index (χ4n) is 10.0. The molecule has 11 atom stereocenters. The molecule has 4 aliphatic carbocycles. The van der Waals surface area contributed by atoms with Gasteiger partial charge in [-0.05, 0) is 97.2 Å². The van der Waals surface area contributed by atoms with E-state index in [2.05, 4.69) is 47.6 Å². The van der Waals surface area contributed by atoms with Gasteiger partial charge in [0, 0.05) is 20.5 Å². The van der Waals surface area contributed by atoms with Crippen molar-refractivity contribution < 1.29 is 18.6 Å². The number of nitrogens with one attached hydrogen (secondary N) is 2. The number of aliphatic hydroxyl groups excluding tert-OH is 2. The average molecular weight is 552 g/mol. The van der Waals surface area contributed by atoms with Crippen LogP contribution in [0, 0.1) is 52.3 Å². The lowest BCUT2D eigenvalue weighted by molar-refractivity contribution is -0.203. The van der Waals surface area contributed by atoms with Gasteiger partial charge in [-0.1, -0.05) is 34.1 Å². The van der Waals surface area contributed by atoms with Gasteiger partial charge in [-0.2, -0.15) is 17.7 Å². The van der Waals surface area contributed by atoms with Gasteiger partial charge < -0.3 is 10.2 Å². The second-order valence-electron chi connectivity index (χ2n) is 13.8. The van der Waals surface area contributed by atoms with E-state index >= 15 is 0 Å². The Kier molecular flexibility index (Phi) is 7.45. The van der Waals surface area contributed by atoms with Crippen LogP contribution in [0.5, 0.6) is 0 Å². The zero-order valence-corrected chi connectivity index (χ0v) is 24.8. The van der Waals surface area contributed by atoms with E-state index in [-0.39, 0.29) is 34.9 Å². The third kappa shape index (κ3) is 4.51. The van der Waals surface area contributed by atoms with Crippen molar-refractivity contribution in [2.45, 2.75) is 97.7 Å². The molecule has 4 N–H and O–H groups in total. The molecule has 5 rings (SSSR count). The van der Waals surface area contributed by atoms with E-state index in [1.807, 2.05) is 0 Å². The van der Waals surface area contributed by atoms with E-state index in [0.29, 0.717) is 41.3 Å². The third-order valence-electron chi connectivity index (χ3n) is 11.9. The Labute approximate surface area is 228 Å². The molecule has 1 heterocycles. The Morgan fingerprint density at radius 3 is 2.45 bits per heavy atom. The molecule has 4 fully saturated rings. The maximum Gasteiger partial charge on any atom is 0.303 e. The number of aromatic nitrogens is 3. The SMILES string of the molecule is CC[C@H]1[C@@H](O)[C@@H]2[C@H](CC[C@]3(C)[C@@H]([C@H](C)Cc4nc(NS(=O)(=O)N(C)C)n[nH]4)CC[C@@H]23)[C@@]2(C)CC[C@@H](O)C[C@@H]12. The van der Waals surface area contributed by atoms with Gasteiger partial charge >= 0.3 is 10.2 Å². The highest BCUT2D eigenvalue weighted by Crippen LogP contribution is 2.69. The molecule has 0 amide bonds. The Balaban J connectivity index is 1.33. The van der Waals surface area contributed by atoms with Crippen LogP contribution < -0.4 is 4.72 Å². The number of aromatic amines is 1. The second kappa shape index (κ2) is 10.00. The molecule has 10 heteroatoms. The predicted octanol–water partition coefficient (Wildman–Crippen LogP) is 3.83. The lowest BCUT2D eigenvalue weighted by atomic mass is 9.41. The van der Waals surface area contributed by atoms with Crippen LogP contribution in [-0.4, -0.2) is 64.4 Å². The van der Waals surface area contributed by atoms with Gasteiger partial charge in [-0.25, -0.2) is 4.72 Å². The van der Waals surface area contributed by atoms with Crippen LogP contribution >= 0.6 is 0 Å². The zero-order chi connectivity index (χ0) is 27.6. The first-order valence-electron chi connectivity index (χ1n) is 14.8. The van der Waals surface area contributed by atoms with Crippen molar-refractivity contribution in [1.29, 1.82) is 0 Å². The number of nitrogens with zero attached hydrogens (tertiary/aromatic N) is 3. The van der Waals surface area contributed by atoms with Crippen molar-refractivity contribution >= 4 is 16.2 Å². The fraction of sp³-hybridized carbons (Fsp3) is 0.929. The normalized spacial score (nSPS) is 43.8. The Morgan fingerprint density at radius 2 is 1.76 bits per heavy atom. The van der Waals surface area contributed by atoms with E-state index in [1.54, 1.807) is 0 Å². The minimum atomic E-state index is -3.65. The summed E-state index contributed by atoms with van der Waals surface area (Å²) in [7, 11) is -0.714. The highest BCUT2D eigenvalue weighted by molar-refractivity contribution is 7.90. The summed E-state index contributed by atoms with van der Waals surface area (Å²) >= 11 is 0. The van der Waals surface area contributed by atoms with Crippen LogP contribution in [0.4, 0.5) is 5.95 Å². The summed E-state index contributed by atoms with van der Waals surface area (Å²) in [4.78, 5) is 4.43. The molecule has 1 aromatic rings. The Bertz CT molecular complexity index is 1110. The molecule has 216 valence electrons. The molecular formula is C28H49N5O4S. The van der Waals surface area contributed by atoms with Gasteiger partial charge in [0.25, 0.3) is 5.95 Å². The molecule has 0 radical (unpaired) electrons. The van der Waals surface area contributed by atoms with Gasteiger partial charge in [-0.3, -0.25) is 5.10 Å². The van der Waals surface area contributed by atoms with Crippen molar-refractivity contribution in [3.8, 4) is 0 Å². The van der Waals surface area contributed by atoms with Gasteiger partial charge in [-0.15, -0.1) is 5.10 Å². The standard InChI is InChI=1S/C28H49N5O4S/c1-7-18-22-15-17(34)10-12-28(22,4)21-11-13-27(3)19(8-9-20(27)24(21)25(18)35)16(2)14-23-29-26(31-30-23)32-38(36,37)33(5)6/h16-22,24-25,34-35H,7-15H2,1-6H3,(H2,29,30,31,32)/t16-,17-,18-,19-,20+,21+,22+,24+,25-,27-,28-/m1/s1. The molecule has 1 aromatic heterocycles. The molecule has 0 spiro atoms. The number of H-pyrrole nitrogens is 1. The summed E-state index contributed by atoms with van der Waals surface area (Å²) in [5.74, 6) is 3.74. The van der Waals surface area contributed by atoms with Crippen molar-refractivity contribution in [2.75, 3.05) is 18.8 Å². The summed E-state index contributed by atoms with van der Waals surface area (Å²) in [5, 5.41) is 29.4. The fourth-order valence-corrected chi connectivity index (χ4v) is 10.5. The van der Waals surface area contributed by atoms with Crippen LogP contribution in [0.25, 0.3) is 0 Å². The van der Waals surface area contributed by atoms with Crippen LogP contribution in [0.2, 0.25) is 0 Å². The average Bonchev–Trinajstić information content (AvgIpc) is 3.43. The zero-order valence-electron chi connectivity index (χ0n) is 24.0. The summed E-state index contributed by atoms with van der Waals surface area (Å²) in [6.07, 6.45) is 8.69. The van der Waals surface area contributed by atoms with Crippen LogP contribution in [0.3, 0.4) is 0 Å². The number of fused-ring (bicyclic) bond motifs is 5. The minimum absolute atomic E-state index is 0.0771. The first-order valence-corrected chi connectivity index (χ1v) is 16.2. The highest BCUT2D eigenvalue weighted by atomic mass is 32.2. The van der Waals surface area contributed by atoms with Crippen molar-refractivity contribution in [1.82, 2.24) is 19.5 Å². The molecule has 0 aliphatic heterocycles. The van der Waals surface area contributed by atoms with Crippen molar-refractivity contribution in [2.24, 2.45) is 52.3 Å². The third-order valence-corrected chi connectivity index (χ3v) is 13.3. The maximum absolute atomic E-state index is 12.1. The molecule has 38 heavy (non-hydrogen) atoms. The topological polar surface area (TPSA) is 131 Å². The monoisotopic (exact) mass is 551 g/mol. The smallest absolute Gasteiger partial charge is 0.303 e. The van der Waals surface area contributed by atoms with E-state index in [4.69, 9.17) is 0 Å². The van der Waals surface area contributed by atoms with Gasteiger partial charge in [0.15, 0.2) is 0 Å². The maximum atomic E-state index is 12.1. The van der Waals surface area contributed by atoms with Gasteiger partial charge in [0.05, 0.1) is 12.2 Å². The number of anilines is 1. The minimum Gasteiger partial charge on any atom is -0.393 e. The van der Waals surface area contributed by atoms with Gasteiger partial charge in [0.2, 0.25) is 0 Å². The summed E-state index contributed by atoms with van der Waals surface area (Å²) in [6, 6.07) is 0. The summed E-state index contributed by atoms with van der Waals surface area (Å²) in [6.45, 7) is 9.48. The highest BCUT2D eigenvalue weighted by Gasteiger charge is 2.64. The van der Waals surface area contributed by atoms with Crippen LogP contribution in [-0.2, 0) is 16.6 Å². The number of hydrogen-bond acceptors (Lipinski definition) is 6. The first kappa shape index (κ1) is 28.3. The van der Waals surface area contributed by atoms with Crippen LogP contribution in [0.1, 0.15) is 84.9 Å². The molecule has 4 saturated carbocycles. The Morgan fingerprint density at radius 1 is 1.08 bits per heavy atom. The summed E-state index contributed by atoms with van der Waals surface area (Å²) < 4.78 is 27.8. The van der Waals surface area contributed by atoms with Gasteiger partial charge in [0.1, 0.15) is 5.82 Å². The van der Waals surface area contributed by atoms with E-state index in [0.717, 1.165) is 55.7 Å². The molecule has 9 nitrogen and oxygen atoms in total. The summed E-state index contributed by atoms with van der Waals surface area (Å²) in [5.41, 5.74) is 0.386. The van der Waals surface area contributed by atoms with Crippen molar-refractivity contribution in [3.05, 3.63) is 5.82 Å². The largest absolute Gasteiger partial charge is 0.393 e. The molecular weight excluding hydrogens is 502 g/mol. The lowest BCUT2D eigenvalue weighted by Gasteiger charge is -2.64. The predicted molar refractivity (Wildman–Crippen MR) is 147 cm³/mol. The second-order valence-corrected chi connectivity index (χ2v) is 15.7. The molecule has 0 aromatic carbocycles. The Hall–Kier alpha value is -1.23. The number of hydrogen-bond donors (Lipinski definition) is 4. The quantitative estimate of drug-likeness (QED) is 0.407. The van der Waals surface area contributed by atoms with E-state index < -0.39 is 10.2 Å². The number of rotatable bonds is 7. The lowest BCUT2D eigenvalue weighted by Crippen LogP contribution is -2.62. The van der Waals surface area contributed by atoms with Crippen molar-refractivity contribution in [3.63, 3.8) is 0 Å². The molecule has 0 unspecified atom stereocenters. The van der Waals surface area contributed by atoms with E-state index in [1.165, 1.54) is 20.5 Å². The first-order chi connectivity index (χ1) is 17.8. The molecule has 4 aliphatic rings. The van der Waals surface area contributed by atoms with Crippen LogP contribution in [0.15, 0.2) is 0 Å².